The molecule has 0 aliphatic rings. The average molecular weight is 336 g/mol. The van der Waals surface area contributed by atoms with Gasteiger partial charge in [0.15, 0.2) is 6.61 Å². The molecule has 2 rings (SSSR count). The Hall–Kier alpha value is -2.40. The molecule has 4 nitrogen and oxygen atoms in total. The van der Waals surface area contributed by atoms with E-state index in [1.54, 1.807) is 36.4 Å². The minimum atomic E-state index is -0.639. The van der Waals surface area contributed by atoms with Gasteiger partial charge in [0.1, 0.15) is 5.82 Å². The van der Waals surface area contributed by atoms with Crippen LogP contribution < -0.4 is 0 Å². The van der Waals surface area contributed by atoms with E-state index in [9.17, 15) is 14.0 Å². The number of benzene rings is 2. The van der Waals surface area contributed by atoms with E-state index in [0.29, 0.717) is 10.6 Å². The molecule has 0 saturated heterocycles. The Bertz CT molecular complexity index is 720. The molecule has 1 amide bonds. The highest BCUT2D eigenvalue weighted by Gasteiger charge is 2.15. The lowest BCUT2D eigenvalue weighted by atomic mass is 10.2. The summed E-state index contributed by atoms with van der Waals surface area (Å²) in [5, 5.41) is 0.405. The summed E-state index contributed by atoms with van der Waals surface area (Å²) >= 11 is 5.79. The molecule has 0 fully saturated rings. The molecule has 120 valence electrons. The predicted octanol–water partition coefficient (Wildman–Crippen LogP) is 3.29. The fourth-order valence-electron chi connectivity index (χ4n) is 1.91. The molecule has 23 heavy (non-hydrogen) atoms. The third-order valence-electron chi connectivity index (χ3n) is 3.18. The van der Waals surface area contributed by atoms with Gasteiger partial charge in [-0.15, -0.1) is 0 Å². The Morgan fingerprint density at radius 2 is 1.91 bits per heavy atom. The summed E-state index contributed by atoms with van der Waals surface area (Å²) in [5.74, 6) is -1.45. The fraction of sp³-hybridized carbons (Fsp3) is 0.176. The molecule has 0 N–H and O–H groups in total. The van der Waals surface area contributed by atoms with Gasteiger partial charge in [-0.1, -0.05) is 35.9 Å². The van der Waals surface area contributed by atoms with E-state index in [-0.39, 0.29) is 17.9 Å². The van der Waals surface area contributed by atoms with Crippen molar-refractivity contribution in [3.63, 3.8) is 0 Å². The third kappa shape index (κ3) is 4.79. The largest absolute Gasteiger partial charge is 0.452 e. The normalized spacial score (nSPS) is 10.2. The zero-order chi connectivity index (χ0) is 16.8. The molecule has 2 aromatic carbocycles. The van der Waals surface area contributed by atoms with E-state index in [2.05, 4.69) is 0 Å². The maximum atomic E-state index is 13.6. The summed E-state index contributed by atoms with van der Waals surface area (Å²) in [7, 11) is 1.52. The first-order valence-electron chi connectivity index (χ1n) is 6.87. The highest BCUT2D eigenvalue weighted by atomic mass is 35.5. The van der Waals surface area contributed by atoms with Crippen LogP contribution in [-0.2, 0) is 16.1 Å². The van der Waals surface area contributed by atoms with E-state index < -0.39 is 18.5 Å². The molecule has 6 heteroatoms. The first kappa shape index (κ1) is 17.0. The second kappa shape index (κ2) is 7.74. The summed E-state index contributed by atoms with van der Waals surface area (Å²) in [6.45, 7) is -0.323. The van der Waals surface area contributed by atoms with Gasteiger partial charge in [-0.05, 0) is 24.3 Å². The van der Waals surface area contributed by atoms with Crippen LogP contribution in [0, 0.1) is 5.82 Å². The maximum absolute atomic E-state index is 13.6. The van der Waals surface area contributed by atoms with Crippen molar-refractivity contribution >= 4 is 23.5 Å². The van der Waals surface area contributed by atoms with E-state index in [0.717, 1.165) is 0 Å². The molecule has 0 atom stereocenters. The highest BCUT2D eigenvalue weighted by Crippen LogP contribution is 2.12. The summed E-state index contributed by atoms with van der Waals surface area (Å²) in [6.07, 6.45) is 0. The summed E-state index contributed by atoms with van der Waals surface area (Å²) in [5.41, 5.74) is 0.659. The molecule has 0 spiro atoms. The number of hydrogen-bond acceptors (Lipinski definition) is 3. The quantitative estimate of drug-likeness (QED) is 0.788. The van der Waals surface area contributed by atoms with Crippen LogP contribution in [0.4, 0.5) is 4.39 Å². The number of hydrogen-bond donors (Lipinski definition) is 0. The second-order valence-corrected chi connectivity index (χ2v) is 5.36. The Balaban J connectivity index is 1.89. The minimum Gasteiger partial charge on any atom is -0.452 e. The van der Waals surface area contributed by atoms with Gasteiger partial charge >= 0.3 is 5.97 Å². The van der Waals surface area contributed by atoms with Crippen molar-refractivity contribution in [2.24, 2.45) is 0 Å². The second-order valence-electron chi connectivity index (χ2n) is 4.93. The number of halogens is 2. The van der Waals surface area contributed by atoms with E-state index in [1.165, 1.54) is 24.1 Å². The Labute approximate surface area is 138 Å². The van der Waals surface area contributed by atoms with Gasteiger partial charge in [0, 0.05) is 24.2 Å². The number of esters is 1. The maximum Gasteiger partial charge on any atom is 0.338 e. The number of carbonyl (C=O) groups is 2. The van der Waals surface area contributed by atoms with Crippen LogP contribution in [0.2, 0.25) is 5.02 Å². The molecule has 0 aromatic heterocycles. The monoisotopic (exact) mass is 335 g/mol. The predicted molar refractivity (Wildman–Crippen MR) is 84.6 cm³/mol. The van der Waals surface area contributed by atoms with Crippen molar-refractivity contribution < 1.29 is 18.7 Å². The lowest BCUT2D eigenvalue weighted by Crippen LogP contribution is -2.31. The molecule has 0 radical (unpaired) electrons. The number of nitrogens with zero attached hydrogens (tertiary/aromatic N) is 1. The van der Waals surface area contributed by atoms with Crippen molar-refractivity contribution in [3.8, 4) is 0 Å². The Morgan fingerprint density at radius 1 is 1.17 bits per heavy atom. The molecule has 0 bridgehead atoms. The number of likely N-dealkylation sites (N-methyl/N-ethyl adjacent to an activating group) is 1. The third-order valence-corrected chi connectivity index (χ3v) is 3.41. The lowest BCUT2D eigenvalue weighted by molar-refractivity contribution is -0.133. The molecule has 0 unspecified atom stereocenters. The topological polar surface area (TPSA) is 46.6 Å². The van der Waals surface area contributed by atoms with E-state index >= 15 is 0 Å². The van der Waals surface area contributed by atoms with Gasteiger partial charge in [-0.3, -0.25) is 4.79 Å². The fourth-order valence-corrected chi connectivity index (χ4v) is 2.10. The molecule has 0 aliphatic carbocycles. The van der Waals surface area contributed by atoms with Crippen molar-refractivity contribution in [3.05, 3.63) is 70.5 Å². The molecule has 0 heterocycles. The van der Waals surface area contributed by atoms with Gasteiger partial charge in [-0.2, -0.15) is 0 Å². The average Bonchev–Trinajstić information content (AvgIpc) is 2.54. The van der Waals surface area contributed by atoms with Gasteiger partial charge < -0.3 is 9.64 Å². The first-order valence-corrected chi connectivity index (χ1v) is 7.25. The van der Waals surface area contributed by atoms with Crippen LogP contribution in [0.1, 0.15) is 15.9 Å². The summed E-state index contributed by atoms with van der Waals surface area (Å²) in [4.78, 5) is 25.1. The smallest absolute Gasteiger partial charge is 0.338 e. The van der Waals surface area contributed by atoms with Gasteiger partial charge in [0.05, 0.1) is 5.56 Å². The zero-order valence-corrected chi connectivity index (χ0v) is 13.2. The van der Waals surface area contributed by atoms with Crippen molar-refractivity contribution in [2.75, 3.05) is 13.7 Å². The first-order chi connectivity index (χ1) is 11.0. The zero-order valence-electron chi connectivity index (χ0n) is 12.5. The number of rotatable bonds is 5. The number of carbonyl (C=O) groups excluding carboxylic acids is 2. The number of amides is 1. The molecular formula is C17H15ClFNO3. The summed E-state index contributed by atoms with van der Waals surface area (Å²) in [6, 6.07) is 12.4. The lowest BCUT2D eigenvalue weighted by Gasteiger charge is -2.17. The van der Waals surface area contributed by atoms with E-state index in [4.69, 9.17) is 16.3 Å². The van der Waals surface area contributed by atoms with Crippen LogP contribution in [0.3, 0.4) is 0 Å². The summed E-state index contributed by atoms with van der Waals surface area (Å²) < 4.78 is 18.5. The Kier molecular flexibility index (Phi) is 5.71. The van der Waals surface area contributed by atoms with Gasteiger partial charge in [0.25, 0.3) is 5.91 Å². The Morgan fingerprint density at radius 3 is 2.61 bits per heavy atom. The van der Waals surface area contributed by atoms with Gasteiger partial charge in [0.2, 0.25) is 0 Å². The van der Waals surface area contributed by atoms with Crippen molar-refractivity contribution in [1.29, 1.82) is 0 Å². The van der Waals surface area contributed by atoms with Gasteiger partial charge in [-0.25, -0.2) is 9.18 Å². The standard InChI is InChI=1S/C17H15ClFNO3/c1-20(10-13-5-2-3-8-15(13)19)16(21)11-23-17(22)12-6-4-7-14(18)9-12/h2-9H,10-11H2,1H3. The molecular weight excluding hydrogens is 321 g/mol. The van der Waals surface area contributed by atoms with E-state index in [1.807, 2.05) is 0 Å². The minimum absolute atomic E-state index is 0.0974. The van der Waals surface area contributed by atoms with Crippen LogP contribution in [0.15, 0.2) is 48.5 Å². The van der Waals surface area contributed by atoms with Crippen LogP contribution in [0.25, 0.3) is 0 Å². The highest BCUT2D eigenvalue weighted by molar-refractivity contribution is 6.30. The molecule has 2 aromatic rings. The molecule has 0 aliphatic heterocycles. The number of ether oxygens (including phenoxy) is 1. The SMILES string of the molecule is CN(Cc1ccccc1F)C(=O)COC(=O)c1cccc(Cl)c1. The van der Waals surface area contributed by atoms with Crippen LogP contribution in [0.5, 0.6) is 0 Å². The van der Waals surface area contributed by atoms with Crippen molar-refractivity contribution in [2.45, 2.75) is 6.54 Å². The van der Waals surface area contributed by atoms with Crippen LogP contribution >= 0.6 is 11.6 Å². The van der Waals surface area contributed by atoms with Crippen molar-refractivity contribution in [1.82, 2.24) is 4.90 Å². The molecule has 0 saturated carbocycles. The van der Waals surface area contributed by atoms with Crippen LogP contribution in [-0.4, -0.2) is 30.4 Å².